The molecule has 0 aromatic heterocycles. The molecule has 4 amide bonds. The Kier molecular flexibility index (Phi) is 2.78. The fourth-order valence-corrected chi connectivity index (χ4v) is 1.19. The number of urea groups is 1. The largest absolute Gasteiger partial charge is 0.335 e. The van der Waals surface area contributed by atoms with Crippen molar-refractivity contribution in [3.05, 3.63) is 12.7 Å². The number of hydrogen-bond acceptors (Lipinski definition) is 3. The van der Waals surface area contributed by atoms with Gasteiger partial charge in [0.05, 0.1) is 6.67 Å². The number of imide groups is 1. The van der Waals surface area contributed by atoms with Crippen LogP contribution >= 0.6 is 0 Å². The minimum absolute atomic E-state index is 0.0184. The molecule has 0 unspecified atom stereocenters. The molecule has 15 heavy (non-hydrogen) atoms. The number of carbonyl (C=O) groups excluding carboxylic acids is 3. The standard InChI is InChI=1S/C9H13N3O3/c1-4-6(13)10-5-12-8(15)11-7(14)9(12,2)3/h4H,1,5H2,2-3H3,(H,10,13)(H,11,14,15). The van der Waals surface area contributed by atoms with E-state index in [4.69, 9.17) is 0 Å². The summed E-state index contributed by atoms with van der Waals surface area (Å²) in [6.07, 6.45) is 1.10. The third kappa shape index (κ3) is 1.98. The Morgan fingerprint density at radius 2 is 2.20 bits per heavy atom. The first-order chi connectivity index (χ1) is 6.89. The average molecular weight is 211 g/mol. The quantitative estimate of drug-likeness (QED) is 0.491. The molecule has 0 radical (unpaired) electrons. The molecule has 1 fully saturated rings. The van der Waals surface area contributed by atoms with E-state index in [1.54, 1.807) is 13.8 Å². The monoisotopic (exact) mass is 211 g/mol. The lowest BCUT2D eigenvalue weighted by atomic mass is 10.1. The third-order valence-electron chi connectivity index (χ3n) is 2.29. The van der Waals surface area contributed by atoms with Gasteiger partial charge in [-0.25, -0.2) is 4.79 Å². The molecule has 0 aliphatic carbocycles. The van der Waals surface area contributed by atoms with E-state index in [9.17, 15) is 14.4 Å². The maximum Gasteiger partial charge on any atom is 0.326 e. The highest BCUT2D eigenvalue weighted by atomic mass is 16.2. The lowest BCUT2D eigenvalue weighted by molar-refractivity contribution is -0.126. The van der Waals surface area contributed by atoms with Crippen LogP contribution in [0.3, 0.4) is 0 Å². The van der Waals surface area contributed by atoms with Crippen LogP contribution in [-0.4, -0.2) is 35.0 Å². The lowest BCUT2D eigenvalue weighted by Crippen LogP contribution is -2.49. The molecule has 1 rings (SSSR count). The molecule has 1 heterocycles. The molecule has 1 saturated heterocycles. The second-order valence-corrected chi connectivity index (χ2v) is 3.65. The van der Waals surface area contributed by atoms with Gasteiger partial charge < -0.3 is 5.32 Å². The number of nitrogens with zero attached hydrogens (tertiary/aromatic N) is 1. The second kappa shape index (κ2) is 3.72. The molecule has 1 aliphatic heterocycles. The van der Waals surface area contributed by atoms with Gasteiger partial charge in [0.25, 0.3) is 5.91 Å². The van der Waals surface area contributed by atoms with Crippen LogP contribution < -0.4 is 10.6 Å². The number of amides is 4. The van der Waals surface area contributed by atoms with Crippen LogP contribution in [0.2, 0.25) is 0 Å². The zero-order valence-corrected chi connectivity index (χ0v) is 8.66. The van der Waals surface area contributed by atoms with Crippen LogP contribution in [0.1, 0.15) is 13.8 Å². The summed E-state index contributed by atoms with van der Waals surface area (Å²) in [7, 11) is 0. The number of carbonyl (C=O) groups is 3. The first-order valence-electron chi connectivity index (χ1n) is 4.43. The van der Waals surface area contributed by atoms with Crippen molar-refractivity contribution in [3.63, 3.8) is 0 Å². The van der Waals surface area contributed by atoms with Crippen molar-refractivity contribution in [1.29, 1.82) is 0 Å². The van der Waals surface area contributed by atoms with Crippen molar-refractivity contribution < 1.29 is 14.4 Å². The van der Waals surface area contributed by atoms with Gasteiger partial charge in [0, 0.05) is 0 Å². The van der Waals surface area contributed by atoms with E-state index in [0.29, 0.717) is 0 Å². The molecule has 6 heteroatoms. The average Bonchev–Trinajstić information content (AvgIpc) is 2.34. The summed E-state index contributed by atoms with van der Waals surface area (Å²) in [6, 6.07) is -0.505. The van der Waals surface area contributed by atoms with Crippen LogP contribution in [0, 0.1) is 0 Å². The molecule has 6 nitrogen and oxygen atoms in total. The summed E-state index contributed by atoms with van der Waals surface area (Å²) in [6.45, 7) is 6.47. The third-order valence-corrected chi connectivity index (χ3v) is 2.29. The Bertz CT molecular complexity index is 335. The predicted octanol–water partition coefficient (Wildman–Crippen LogP) is -0.424. The van der Waals surface area contributed by atoms with E-state index < -0.39 is 17.5 Å². The van der Waals surface area contributed by atoms with Crippen molar-refractivity contribution in [1.82, 2.24) is 15.5 Å². The van der Waals surface area contributed by atoms with Crippen LogP contribution in [0.5, 0.6) is 0 Å². The van der Waals surface area contributed by atoms with E-state index in [1.165, 1.54) is 4.90 Å². The molecule has 1 aliphatic rings. The fourth-order valence-electron chi connectivity index (χ4n) is 1.19. The molecule has 0 saturated carbocycles. The van der Waals surface area contributed by atoms with Gasteiger partial charge in [0.15, 0.2) is 0 Å². The summed E-state index contributed by atoms with van der Waals surface area (Å²) in [5, 5.41) is 4.61. The summed E-state index contributed by atoms with van der Waals surface area (Å²) >= 11 is 0. The van der Waals surface area contributed by atoms with Crippen LogP contribution in [0.4, 0.5) is 4.79 Å². The minimum Gasteiger partial charge on any atom is -0.335 e. The maximum atomic E-state index is 11.3. The molecular weight excluding hydrogens is 198 g/mol. The first kappa shape index (κ1) is 11.2. The summed E-state index contributed by atoms with van der Waals surface area (Å²) in [5.74, 6) is -0.765. The van der Waals surface area contributed by atoms with Gasteiger partial charge >= 0.3 is 6.03 Å². The van der Waals surface area contributed by atoms with Crippen molar-refractivity contribution in [3.8, 4) is 0 Å². The molecule has 2 N–H and O–H groups in total. The number of hydrogen-bond donors (Lipinski definition) is 2. The highest BCUT2D eigenvalue weighted by molar-refractivity contribution is 6.06. The Morgan fingerprint density at radius 1 is 1.60 bits per heavy atom. The fraction of sp³-hybridized carbons (Fsp3) is 0.444. The van der Waals surface area contributed by atoms with Crippen LogP contribution in [-0.2, 0) is 9.59 Å². The zero-order valence-electron chi connectivity index (χ0n) is 8.66. The molecule has 0 aromatic carbocycles. The van der Waals surface area contributed by atoms with Crippen LogP contribution in [0.15, 0.2) is 12.7 Å². The number of nitrogens with one attached hydrogen (secondary N) is 2. The van der Waals surface area contributed by atoms with Crippen molar-refractivity contribution in [2.24, 2.45) is 0 Å². The lowest BCUT2D eigenvalue weighted by Gasteiger charge is -2.27. The van der Waals surface area contributed by atoms with Gasteiger partial charge in [-0.05, 0) is 19.9 Å². The number of rotatable bonds is 3. The summed E-state index contributed by atoms with van der Waals surface area (Å²) in [5.41, 5.74) is -0.939. The van der Waals surface area contributed by atoms with Gasteiger partial charge in [-0.3, -0.25) is 19.8 Å². The van der Waals surface area contributed by atoms with E-state index in [2.05, 4.69) is 17.2 Å². The molecular formula is C9H13N3O3. The summed E-state index contributed by atoms with van der Waals surface area (Å²) < 4.78 is 0. The summed E-state index contributed by atoms with van der Waals surface area (Å²) in [4.78, 5) is 34.8. The Hall–Kier alpha value is -1.85. The van der Waals surface area contributed by atoms with E-state index in [0.717, 1.165) is 6.08 Å². The topological polar surface area (TPSA) is 78.5 Å². The zero-order chi connectivity index (χ0) is 11.6. The van der Waals surface area contributed by atoms with Gasteiger partial charge in [-0.2, -0.15) is 0 Å². The highest BCUT2D eigenvalue weighted by Crippen LogP contribution is 2.19. The predicted molar refractivity (Wildman–Crippen MR) is 52.7 cm³/mol. The molecule has 82 valence electrons. The van der Waals surface area contributed by atoms with E-state index in [1.807, 2.05) is 0 Å². The smallest absolute Gasteiger partial charge is 0.326 e. The molecule has 0 spiro atoms. The van der Waals surface area contributed by atoms with Gasteiger partial charge in [0.2, 0.25) is 5.91 Å². The second-order valence-electron chi connectivity index (χ2n) is 3.65. The normalized spacial score (nSPS) is 18.7. The van der Waals surface area contributed by atoms with Gasteiger partial charge in [-0.15, -0.1) is 0 Å². The van der Waals surface area contributed by atoms with Crippen molar-refractivity contribution in [2.75, 3.05) is 6.67 Å². The Labute approximate surface area is 87.3 Å². The minimum atomic E-state index is -0.939. The Morgan fingerprint density at radius 3 is 2.60 bits per heavy atom. The first-order valence-corrected chi connectivity index (χ1v) is 4.43. The van der Waals surface area contributed by atoms with Crippen LogP contribution in [0.25, 0.3) is 0 Å². The van der Waals surface area contributed by atoms with E-state index >= 15 is 0 Å². The SMILES string of the molecule is C=CC(=O)NCN1C(=O)NC(=O)C1(C)C. The molecule has 0 bridgehead atoms. The van der Waals surface area contributed by atoms with E-state index in [-0.39, 0.29) is 12.6 Å². The highest BCUT2D eigenvalue weighted by Gasteiger charge is 2.45. The molecule has 0 atom stereocenters. The van der Waals surface area contributed by atoms with Gasteiger partial charge in [0.1, 0.15) is 5.54 Å². The molecule has 0 aromatic rings. The van der Waals surface area contributed by atoms with Gasteiger partial charge in [-0.1, -0.05) is 6.58 Å². The van der Waals surface area contributed by atoms with Crippen molar-refractivity contribution in [2.45, 2.75) is 19.4 Å². The Balaban J connectivity index is 2.68. The maximum absolute atomic E-state index is 11.3. The van der Waals surface area contributed by atoms with Crippen molar-refractivity contribution >= 4 is 17.8 Å².